The average Bonchev–Trinajstić information content (AvgIpc) is 2.69. The quantitative estimate of drug-likeness (QED) is 0.534. The van der Waals surface area contributed by atoms with Gasteiger partial charge in [0.05, 0.1) is 20.3 Å². The minimum atomic E-state index is 0.555. The van der Waals surface area contributed by atoms with Crippen LogP contribution in [0.25, 0.3) is 0 Å². The summed E-state index contributed by atoms with van der Waals surface area (Å²) >= 11 is 0. The second-order valence-corrected chi connectivity index (χ2v) is 5.75. The zero-order valence-electron chi connectivity index (χ0n) is 15.8. The molecule has 2 N–H and O–H groups in total. The molecule has 0 radical (unpaired) electrons. The van der Waals surface area contributed by atoms with Crippen molar-refractivity contribution in [3.8, 4) is 11.6 Å². The second kappa shape index (κ2) is 11.0. The number of nitrogens with zero attached hydrogens (tertiary/aromatic N) is 2. The molecule has 0 aliphatic rings. The lowest BCUT2D eigenvalue weighted by Gasteiger charge is -2.12. The third-order valence-corrected chi connectivity index (χ3v) is 3.63. The number of rotatable bonds is 9. The first-order valence-electron chi connectivity index (χ1n) is 8.98. The van der Waals surface area contributed by atoms with Crippen molar-refractivity contribution >= 4 is 5.96 Å². The Morgan fingerprint density at radius 3 is 2.42 bits per heavy atom. The van der Waals surface area contributed by atoms with Crippen LogP contribution in [0.1, 0.15) is 31.4 Å². The molecule has 0 amide bonds. The molecule has 1 heterocycles. The Bertz CT molecular complexity index is 669. The summed E-state index contributed by atoms with van der Waals surface area (Å²) in [4.78, 5) is 8.92. The number of aliphatic imine (C=N–C) groups is 1. The van der Waals surface area contributed by atoms with Crippen LogP contribution >= 0.6 is 0 Å². The first-order valence-corrected chi connectivity index (χ1v) is 8.98. The van der Waals surface area contributed by atoms with Crippen molar-refractivity contribution < 1.29 is 9.47 Å². The van der Waals surface area contributed by atoms with Gasteiger partial charge in [0.15, 0.2) is 5.96 Å². The summed E-state index contributed by atoms with van der Waals surface area (Å²) in [5, 5.41) is 6.59. The molecule has 6 nitrogen and oxygen atoms in total. The number of hydrogen-bond acceptors (Lipinski definition) is 4. The minimum absolute atomic E-state index is 0.555. The Morgan fingerprint density at radius 2 is 1.81 bits per heavy atom. The number of guanidine groups is 1. The predicted octanol–water partition coefficient (Wildman–Crippen LogP) is 3.13. The molecule has 2 rings (SSSR count). The van der Waals surface area contributed by atoms with E-state index in [1.165, 1.54) is 0 Å². The molecule has 0 atom stereocenters. The molecule has 26 heavy (non-hydrogen) atoms. The number of methoxy groups -OCH3 is 1. The molecule has 0 aliphatic heterocycles. The number of ether oxygens (including phenoxy) is 2. The van der Waals surface area contributed by atoms with Crippen molar-refractivity contribution in [1.29, 1.82) is 0 Å². The SMILES string of the molecule is CCCOc1ccc(CN=C(NCC)NCc2ccc(OC)cc2)cn1. The summed E-state index contributed by atoms with van der Waals surface area (Å²) in [6, 6.07) is 11.9. The summed E-state index contributed by atoms with van der Waals surface area (Å²) in [6.07, 6.45) is 2.78. The van der Waals surface area contributed by atoms with E-state index in [2.05, 4.69) is 27.5 Å². The van der Waals surface area contributed by atoms with Crippen molar-refractivity contribution in [2.24, 2.45) is 4.99 Å². The molecular formula is C20H28N4O2. The molecule has 0 spiro atoms. The van der Waals surface area contributed by atoms with Crippen molar-refractivity contribution in [3.63, 3.8) is 0 Å². The van der Waals surface area contributed by atoms with E-state index in [1.54, 1.807) is 7.11 Å². The maximum absolute atomic E-state index is 5.50. The number of hydrogen-bond donors (Lipinski definition) is 2. The van der Waals surface area contributed by atoms with Crippen LogP contribution in [0.4, 0.5) is 0 Å². The Hall–Kier alpha value is -2.76. The van der Waals surface area contributed by atoms with E-state index in [0.717, 1.165) is 35.8 Å². The predicted molar refractivity (Wildman–Crippen MR) is 105 cm³/mol. The second-order valence-electron chi connectivity index (χ2n) is 5.75. The smallest absolute Gasteiger partial charge is 0.213 e. The van der Waals surface area contributed by atoms with Gasteiger partial charge in [-0.2, -0.15) is 0 Å². The van der Waals surface area contributed by atoms with E-state index in [9.17, 15) is 0 Å². The standard InChI is InChI=1S/C20H28N4O2/c1-4-12-26-19-11-8-17(14-22-19)15-24-20(21-5-2)23-13-16-6-9-18(25-3)10-7-16/h6-11,14H,4-5,12-13,15H2,1-3H3,(H2,21,23,24). The van der Waals surface area contributed by atoms with Crippen molar-refractivity contribution in [2.45, 2.75) is 33.4 Å². The van der Waals surface area contributed by atoms with Gasteiger partial charge in [-0.05, 0) is 36.6 Å². The average molecular weight is 356 g/mol. The van der Waals surface area contributed by atoms with E-state index in [-0.39, 0.29) is 0 Å². The highest BCUT2D eigenvalue weighted by molar-refractivity contribution is 5.79. The molecule has 0 aliphatic carbocycles. The summed E-state index contributed by atoms with van der Waals surface area (Å²) in [5.74, 6) is 2.28. The number of benzene rings is 1. The minimum Gasteiger partial charge on any atom is -0.497 e. The van der Waals surface area contributed by atoms with Crippen molar-refractivity contribution in [3.05, 3.63) is 53.7 Å². The van der Waals surface area contributed by atoms with Crippen LogP contribution in [0, 0.1) is 0 Å². The number of nitrogens with one attached hydrogen (secondary N) is 2. The summed E-state index contributed by atoms with van der Waals surface area (Å²) in [5.41, 5.74) is 2.20. The molecule has 0 fully saturated rings. The summed E-state index contributed by atoms with van der Waals surface area (Å²) < 4.78 is 10.7. The highest BCUT2D eigenvalue weighted by Crippen LogP contribution is 2.11. The fourth-order valence-electron chi connectivity index (χ4n) is 2.24. The molecule has 0 saturated carbocycles. The summed E-state index contributed by atoms with van der Waals surface area (Å²) in [6.45, 7) is 6.86. The van der Waals surface area contributed by atoms with Crippen LogP contribution in [-0.2, 0) is 13.1 Å². The number of aromatic nitrogens is 1. The normalized spacial score (nSPS) is 11.1. The molecular weight excluding hydrogens is 328 g/mol. The summed E-state index contributed by atoms with van der Waals surface area (Å²) in [7, 11) is 1.67. The zero-order chi connectivity index (χ0) is 18.6. The van der Waals surface area contributed by atoms with Crippen LogP contribution in [0.15, 0.2) is 47.6 Å². The number of pyridine rings is 1. The Labute approximate surface area is 155 Å². The third-order valence-electron chi connectivity index (χ3n) is 3.63. The fraction of sp³-hybridized carbons (Fsp3) is 0.400. The van der Waals surface area contributed by atoms with Crippen LogP contribution in [0.2, 0.25) is 0 Å². The zero-order valence-corrected chi connectivity index (χ0v) is 15.8. The molecule has 140 valence electrons. The lowest BCUT2D eigenvalue weighted by atomic mass is 10.2. The maximum atomic E-state index is 5.50. The highest BCUT2D eigenvalue weighted by Gasteiger charge is 2.01. The highest BCUT2D eigenvalue weighted by atomic mass is 16.5. The van der Waals surface area contributed by atoms with Gasteiger partial charge in [-0.3, -0.25) is 0 Å². The van der Waals surface area contributed by atoms with E-state index >= 15 is 0 Å². The van der Waals surface area contributed by atoms with Gasteiger partial charge in [0.2, 0.25) is 5.88 Å². The Kier molecular flexibility index (Phi) is 8.26. The van der Waals surface area contributed by atoms with E-state index in [4.69, 9.17) is 9.47 Å². The fourth-order valence-corrected chi connectivity index (χ4v) is 2.24. The maximum Gasteiger partial charge on any atom is 0.213 e. The molecule has 2 aromatic rings. The molecule has 1 aromatic heterocycles. The van der Waals surface area contributed by atoms with Gasteiger partial charge < -0.3 is 20.1 Å². The first-order chi connectivity index (χ1) is 12.7. The molecule has 6 heteroatoms. The van der Waals surface area contributed by atoms with Crippen LogP contribution in [-0.4, -0.2) is 31.2 Å². The van der Waals surface area contributed by atoms with Gasteiger partial charge in [-0.1, -0.05) is 25.1 Å². The van der Waals surface area contributed by atoms with Gasteiger partial charge in [-0.25, -0.2) is 9.98 Å². The molecule has 0 unspecified atom stereocenters. The van der Waals surface area contributed by atoms with E-state index in [1.807, 2.05) is 49.5 Å². The Morgan fingerprint density at radius 1 is 1.04 bits per heavy atom. The first kappa shape index (κ1) is 19.6. The lowest BCUT2D eigenvalue weighted by Crippen LogP contribution is -2.36. The van der Waals surface area contributed by atoms with Gasteiger partial charge in [-0.15, -0.1) is 0 Å². The van der Waals surface area contributed by atoms with E-state index in [0.29, 0.717) is 25.6 Å². The molecule has 0 saturated heterocycles. The molecule has 1 aromatic carbocycles. The van der Waals surface area contributed by atoms with Crippen LogP contribution in [0.5, 0.6) is 11.6 Å². The van der Waals surface area contributed by atoms with Crippen LogP contribution in [0.3, 0.4) is 0 Å². The largest absolute Gasteiger partial charge is 0.497 e. The van der Waals surface area contributed by atoms with Crippen molar-refractivity contribution in [1.82, 2.24) is 15.6 Å². The van der Waals surface area contributed by atoms with Crippen molar-refractivity contribution in [2.75, 3.05) is 20.3 Å². The van der Waals surface area contributed by atoms with Gasteiger partial charge in [0.1, 0.15) is 5.75 Å². The van der Waals surface area contributed by atoms with E-state index < -0.39 is 0 Å². The lowest BCUT2D eigenvalue weighted by molar-refractivity contribution is 0.305. The van der Waals surface area contributed by atoms with Gasteiger partial charge >= 0.3 is 0 Å². The van der Waals surface area contributed by atoms with Gasteiger partial charge in [0.25, 0.3) is 0 Å². The van der Waals surface area contributed by atoms with Crippen LogP contribution < -0.4 is 20.1 Å². The topological polar surface area (TPSA) is 67.8 Å². The monoisotopic (exact) mass is 356 g/mol. The third kappa shape index (κ3) is 6.63. The van der Waals surface area contributed by atoms with Gasteiger partial charge in [0, 0.05) is 25.4 Å². The molecule has 0 bridgehead atoms. The Balaban J connectivity index is 1.90.